The Balaban J connectivity index is 2.70. The highest BCUT2D eigenvalue weighted by atomic mass is 15.1. The molecule has 1 heteroatoms. The second-order valence-electron chi connectivity index (χ2n) is 4.71. The van der Waals surface area contributed by atoms with Crippen molar-refractivity contribution < 1.29 is 0 Å². The third-order valence-corrected chi connectivity index (χ3v) is 3.68. The van der Waals surface area contributed by atoms with E-state index in [4.69, 9.17) is 0 Å². The Morgan fingerprint density at radius 3 is 1.75 bits per heavy atom. The Morgan fingerprint density at radius 2 is 1.50 bits per heavy atom. The van der Waals surface area contributed by atoms with Crippen LogP contribution in [0, 0.1) is 5.92 Å². The van der Waals surface area contributed by atoms with Crippen LogP contribution < -0.4 is 0 Å². The predicted molar refractivity (Wildman–Crippen MR) is 54.3 cm³/mol. The van der Waals surface area contributed by atoms with Crippen LogP contribution in [-0.4, -0.2) is 24.5 Å². The molecule has 0 bridgehead atoms. The molecule has 0 N–H and O–H groups in total. The van der Waals surface area contributed by atoms with Gasteiger partial charge in [0.15, 0.2) is 0 Å². The molecular weight excluding hydrogens is 146 g/mol. The molecule has 0 amide bonds. The van der Waals surface area contributed by atoms with Gasteiger partial charge in [-0.1, -0.05) is 33.1 Å². The van der Waals surface area contributed by atoms with Crippen LogP contribution in [0.2, 0.25) is 0 Å². The first-order chi connectivity index (χ1) is 5.59. The maximum Gasteiger partial charge on any atom is 0.0226 e. The zero-order chi connectivity index (χ0) is 9.19. The SMILES string of the molecule is CC(C)C1(N(C)C)CCCCC1. The quantitative estimate of drug-likeness (QED) is 0.614. The molecule has 12 heavy (non-hydrogen) atoms. The first kappa shape index (κ1) is 10.0. The van der Waals surface area contributed by atoms with Crippen molar-refractivity contribution >= 4 is 0 Å². The number of hydrogen-bond donors (Lipinski definition) is 0. The Kier molecular flexibility index (Phi) is 3.16. The van der Waals surface area contributed by atoms with Gasteiger partial charge in [0.2, 0.25) is 0 Å². The lowest BCUT2D eigenvalue weighted by molar-refractivity contribution is 0.0526. The first-order valence-electron chi connectivity index (χ1n) is 5.27. The minimum Gasteiger partial charge on any atom is -0.303 e. The summed E-state index contributed by atoms with van der Waals surface area (Å²) in [5, 5.41) is 0. The van der Waals surface area contributed by atoms with Gasteiger partial charge in [0.25, 0.3) is 0 Å². The van der Waals surface area contributed by atoms with Gasteiger partial charge in [0, 0.05) is 5.54 Å². The highest BCUT2D eigenvalue weighted by molar-refractivity contribution is 4.92. The Bertz CT molecular complexity index is 122. The van der Waals surface area contributed by atoms with Crippen molar-refractivity contribution in [3.8, 4) is 0 Å². The molecule has 1 aliphatic carbocycles. The van der Waals surface area contributed by atoms with Crippen molar-refractivity contribution in [2.24, 2.45) is 5.92 Å². The Labute approximate surface area is 77.1 Å². The van der Waals surface area contributed by atoms with Crippen LogP contribution in [0.3, 0.4) is 0 Å². The summed E-state index contributed by atoms with van der Waals surface area (Å²) in [5.41, 5.74) is 0.512. The van der Waals surface area contributed by atoms with E-state index >= 15 is 0 Å². The molecule has 0 atom stereocenters. The molecule has 0 aromatic heterocycles. The van der Waals surface area contributed by atoms with Crippen LogP contribution >= 0.6 is 0 Å². The normalized spacial score (nSPS) is 23.5. The summed E-state index contributed by atoms with van der Waals surface area (Å²) in [6.45, 7) is 4.73. The van der Waals surface area contributed by atoms with Crippen molar-refractivity contribution in [2.45, 2.75) is 51.5 Å². The van der Waals surface area contributed by atoms with Crippen LogP contribution in [-0.2, 0) is 0 Å². The fourth-order valence-electron chi connectivity index (χ4n) is 2.70. The largest absolute Gasteiger partial charge is 0.303 e. The molecule has 72 valence electrons. The van der Waals surface area contributed by atoms with Crippen molar-refractivity contribution in [2.75, 3.05) is 14.1 Å². The van der Waals surface area contributed by atoms with Gasteiger partial charge >= 0.3 is 0 Å². The van der Waals surface area contributed by atoms with Gasteiger partial charge in [-0.25, -0.2) is 0 Å². The van der Waals surface area contributed by atoms with Crippen molar-refractivity contribution in [3.63, 3.8) is 0 Å². The summed E-state index contributed by atoms with van der Waals surface area (Å²) in [5.74, 6) is 0.799. The van der Waals surface area contributed by atoms with Gasteiger partial charge in [-0.2, -0.15) is 0 Å². The molecule has 1 saturated carbocycles. The van der Waals surface area contributed by atoms with Crippen molar-refractivity contribution in [1.82, 2.24) is 4.90 Å². The summed E-state index contributed by atoms with van der Waals surface area (Å²) in [6, 6.07) is 0. The summed E-state index contributed by atoms with van der Waals surface area (Å²) in [7, 11) is 4.48. The average Bonchev–Trinajstić information content (AvgIpc) is 2.05. The summed E-state index contributed by atoms with van der Waals surface area (Å²) in [6.07, 6.45) is 7.10. The molecule has 1 aliphatic rings. The van der Waals surface area contributed by atoms with Crippen molar-refractivity contribution in [3.05, 3.63) is 0 Å². The fraction of sp³-hybridized carbons (Fsp3) is 1.00. The summed E-state index contributed by atoms with van der Waals surface area (Å²) >= 11 is 0. The smallest absolute Gasteiger partial charge is 0.0226 e. The zero-order valence-electron chi connectivity index (χ0n) is 9.06. The molecule has 0 unspecified atom stereocenters. The monoisotopic (exact) mass is 169 g/mol. The maximum atomic E-state index is 2.46. The van der Waals surface area contributed by atoms with Gasteiger partial charge in [0.05, 0.1) is 0 Å². The molecule has 0 aliphatic heterocycles. The van der Waals surface area contributed by atoms with Gasteiger partial charge < -0.3 is 4.90 Å². The van der Waals surface area contributed by atoms with Crippen LogP contribution in [0.5, 0.6) is 0 Å². The molecular formula is C11H23N. The predicted octanol–water partition coefficient (Wildman–Crippen LogP) is 2.91. The van der Waals surface area contributed by atoms with Crippen LogP contribution in [0.4, 0.5) is 0 Å². The minimum atomic E-state index is 0.512. The summed E-state index contributed by atoms with van der Waals surface area (Å²) in [4.78, 5) is 2.46. The molecule has 1 nitrogen and oxygen atoms in total. The first-order valence-corrected chi connectivity index (χ1v) is 5.27. The van der Waals surface area contributed by atoms with E-state index in [-0.39, 0.29) is 0 Å². The second kappa shape index (κ2) is 3.78. The molecule has 0 aromatic carbocycles. The minimum absolute atomic E-state index is 0.512. The standard InChI is InChI=1S/C11H23N/c1-10(2)11(12(3)4)8-6-5-7-9-11/h10H,5-9H2,1-4H3. The Hall–Kier alpha value is -0.0400. The van der Waals surface area contributed by atoms with Gasteiger partial charge in [-0.05, 0) is 32.9 Å². The van der Waals surface area contributed by atoms with Crippen LogP contribution in [0.25, 0.3) is 0 Å². The van der Waals surface area contributed by atoms with E-state index in [1.807, 2.05) is 0 Å². The van der Waals surface area contributed by atoms with E-state index in [0.29, 0.717) is 5.54 Å². The van der Waals surface area contributed by atoms with Gasteiger partial charge in [0.1, 0.15) is 0 Å². The zero-order valence-corrected chi connectivity index (χ0v) is 9.06. The van der Waals surface area contributed by atoms with E-state index in [1.54, 1.807) is 0 Å². The van der Waals surface area contributed by atoms with E-state index in [2.05, 4.69) is 32.8 Å². The number of rotatable bonds is 2. The highest BCUT2D eigenvalue weighted by Crippen LogP contribution is 2.37. The molecule has 0 spiro atoms. The summed E-state index contributed by atoms with van der Waals surface area (Å²) < 4.78 is 0. The third-order valence-electron chi connectivity index (χ3n) is 3.68. The molecule has 1 fully saturated rings. The fourth-order valence-corrected chi connectivity index (χ4v) is 2.70. The van der Waals surface area contributed by atoms with E-state index in [1.165, 1.54) is 32.1 Å². The number of hydrogen-bond acceptors (Lipinski definition) is 1. The van der Waals surface area contributed by atoms with Crippen LogP contribution in [0.1, 0.15) is 46.0 Å². The maximum absolute atomic E-state index is 2.46. The van der Waals surface area contributed by atoms with Gasteiger partial charge in [-0.3, -0.25) is 0 Å². The lowest BCUT2D eigenvalue weighted by Gasteiger charge is -2.46. The van der Waals surface area contributed by atoms with Gasteiger partial charge in [-0.15, -0.1) is 0 Å². The van der Waals surface area contributed by atoms with E-state index in [0.717, 1.165) is 5.92 Å². The van der Waals surface area contributed by atoms with Crippen molar-refractivity contribution in [1.29, 1.82) is 0 Å². The van der Waals surface area contributed by atoms with E-state index < -0.39 is 0 Å². The lowest BCUT2D eigenvalue weighted by atomic mass is 9.73. The topological polar surface area (TPSA) is 3.24 Å². The molecule has 0 heterocycles. The molecule has 1 rings (SSSR count). The highest BCUT2D eigenvalue weighted by Gasteiger charge is 2.36. The second-order valence-corrected chi connectivity index (χ2v) is 4.71. The third kappa shape index (κ3) is 1.66. The van der Waals surface area contributed by atoms with Crippen LogP contribution in [0.15, 0.2) is 0 Å². The molecule has 0 aromatic rings. The Morgan fingerprint density at radius 1 is 1.00 bits per heavy atom. The molecule has 0 radical (unpaired) electrons. The average molecular weight is 169 g/mol. The number of nitrogens with zero attached hydrogens (tertiary/aromatic N) is 1. The van der Waals surface area contributed by atoms with E-state index in [9.17, 15) is 0 Å². The molecule has 0 saturated heterocycles. The lowest BCUT2D eigenvalue weighted by Crippen LogP contribution is -2.49.